The van der Waals surface area contributed by atoms with Crippen molar-refractivity contribution < 1.29 is 19.1 Å². The lowest BCUT2D eigenvalue weighted by atomic mass is 9.89. The summed E-state index contributed by atoms with van der Waals surface area (Å²) in [6.45, 7) is 8.55. The van der Waals surface area contributed by atoms with E-state index in [1.807, 2.05) is 66.6 Å². The fraction of sp³-hybridized carbons (Fsp3) is 0.241. The molecule has 2 fully saturated rings. The zero-order valence-electron chi connectivity index (χ0n) is 41.1. The van der Waals surface area contributed by atoms with Crippen LogP contribution in [0.3, 0.4) is 0 Å². The number of hydrogen-bond donors (Lipinski definition) is 2. The second-order valence-electron chi connectivity index (χ2n) is 18.0. The van der Waals surface area contributed by atoms with E-state index in [2.05, 4.69) is 62.0 Å². The van der Waals surface area contributed by atoms with Gasteiger partial charge in [-0.2, -0.15) is 15.6 Å². The van der Waals surface area contributed by atoms with Gasteiger partial charge in [0.05, 0.1) is 54.2 Å². The van der Waals surface area contributed by atoms with E-state index in [4.69, 9.17) is 31.6 Å². The topological polar surface area (TPSA) is 204 Å². The smallest absolute Gasteiger partial charge is 0.253 e. The summed E-state index contributed by atoms with van der Waals surface area (Å²) in [6.07, 6.45) is 17.0. The molecule has 7 heterocycles. The van der Waals surface area contributed by atoms with Gasteiger partial charge in [-0.15, -0.1) is 6.42 Å². The molecule has 2 saturated heterocycles. The Balaban J connectivity index is 0.755. The molecule has 2 aliphatic rings. The molecule has 2 aliphatic heterocycles. The van der Waals surface area contributed by atoms with Gasteiger partial charge in [0.25, 0.3) is 11.8 Å². The second kappa shape index (κ2) is 22.2. The summed E-state index contributed by atoms with van der Waals surface area (Å²) >= 11 is 0. The van der Waals surface area contributed by atoms with Gasteiger partial charge in [0.2, 0.25) is 0 Å². The lowest BCUT2D eigenvalue weighted by Crippen LogP contribution is -2.53. The van der Waals surface area contributed by atoms with E-state index in [0.717, 1.165) is 52.3 Å². The Morgan fingerprint density at radius 3 is 2.05 bits per heavy atom. The van der Waals surface area contributed by atoms with Crippen LogP contribution in [0.25, 0.3) is 33.3 Å². The van der Waals surface area contributed by atoms with Crippen molar-refractivity contribution in [2.45, 2.75) is 38.6 Å². The number of piperidine rings is 1. The largest absolute Gasteiger partial charge is 0.492 e. The van der Waals surface area contributed by atoms with Gasteiger partial charge in [-0.25, -0.2) is 14.5 Å². The van der Waals surface area contributed by atoms with Gasteiger partial charge in [0, 0.05) is 114 Å². The van der Waals surface area contributed by atoms with Crippen LogP contribution in [0, 0.1) is 46.8 Å². The van der Waals surface area contributed by atoms with E-state index >= 15 is 0 Å². The molecule has 0 radical (unpaired) electrons. The standard InChI is InChI=1S/C58H52N12O4/c1-4-40-9-15-43(16-10-40)57(72)69-27-25-68(26-28-69)53-19-17-44(35-62-53)50-30-48(38-64-54(50)46(32-59)33-60)74-29-7-6-8-41-11-13-42(14-12-41)56(71)66-58(3)21-23-67(24-22-58)52-20-18-45(36-63-52)51-31-49(73-5-2)39-70-55(51)47(34-61)37-65-70/h1,9-20,30-32,35-39H,5,7,21-29,59H2,2-3H3,(H,66,71). The number of carbonyl (C=O) groups is 2. The average Bonchev–Trinajstić information content (AvgIpc) is 3.87. The highest BCUT2D eigenvalue weighted by Gasteiger charge is 2.32. The number of nitriles is 2. The number of nitrogens with one attached hydrogen (secondary N) is 1. The average molecular weight is 981 g/mol. The number of carbonyl (C=O) groups excluding carboxylic acids is 2. The first-order chi connectivity index (χ1) is 36.1. The minimum absolute atomic E-state index is 0.0317. The summed E-state index contributed by atoms with van der Waals surface area (Å²) in [5, 5.41) is 27.2. The third kappa shape index (κ3) is 11.0. The Morgan fingerprint density at radius 1 is 0.784 bits per heavy atom. The Hall–Kier alpha value is -9.64. The number of benzene rings is 2. The number of nitrogens with zero attached hydrogens (tertiary/aromatic N) is 10. The molecule has 16 heteroatoms. The molecule has 16 nitrogen and oxygen atoms in total. The van der Waals surface area contributed by atoms with Gasteiger partial charge < -0.3 is 35.2 Å². The van der Waals surface area contributed by atoms with Gasteiger partial charge in [-0.1, -0.05) is 17.8 Å². The van der Waals surface area contributed by atoms with Crippen LogP contribution in [0.2, 0.25) is 0 Å². The molecule has 0 saturated carbocycles. The number of fused-ring (bicyclic) bond motifs is 1. The fourth-order valence-corrected chi connectivity index (χ4v) is 9.06. The van der Waals surface area contributed by atoms with Crippen molar-refractivity contribution in [3.63, 3.8) is 0 Å². The third-order valence-electron chi connectivity index (χ3n) is 13.2. The van der Waals surface area contributed by atoms with E-state index in [0.29, 0.717) is 97.3 Å². The van der Waals surface area contributed by atoms with E-state index in [-0.39, 0.29) is 24.0 Å². The quantitative estimate of drug-likeness (QED) is 0.0654. The predicted octanol–water partition coefficient (Wildman–Crippen LogP) is 7.50. The van der Waals surface area contributed by atoms with Gasteiger partial charge >= 0.3 is 0 Å². The number of terminal acetylenes is 1. The number of rotatable bonds is 13. The normalized spacial score (nSPS) is 14.2. The number of pyridine rings is 4. The van der Waals surface area contributed by atoms with Crippen molar-refractivity contribution in [3.05, 3.63) is 156 Å². The van der Waals surface area contributed by atoms with Crippen molar-refractivity contribution in [2.75, 3.05) is 62.3 Å². The van der Waals surface area contributed by atoms with Crippen molar-refractivity contribution in [1.29, 1.82) is 10.5 Å². The SMILES string of the molecule is C#Cc1ccc(C(=O)N2CCN(c3ccc(-c4cc(OCCC#Cc5ccc(C(=O)NC6(C)CCN(c7ccc(-c8cc(OCC)cn9ncc(C#N)c89)cn7)CC6)cc5)cnc4C(C#N)=CN)cn3)CC2)cc1. The maximum atomic E-state index is 13.5. The Bertz CT molecular complexity index is 3410. The highest BCUT2D eigenvalue weighted by molar-refractivity contribution is 5.95. The molecule has 0 spiro atoms. The van der Waals surface area contributed by atoms with Crippen molar-refractivity contribution in [3.8, 4) is 70.1 Å². The van der Waals surface area contributed by atoms with Crippen LogP contribution < -0.4 is 30.3 Å². The molecule has 2 aromatic carbocycles. The van der Waals surface area contributed by atoms with Crippen molar-refractivity contribution in [1.82, 2.24) is 34.8 Å². The maximum absolute atomic E-state index is 13.5. The molecule has 9 rings (SSSR count). The summed E-state index contributed by atoms with van der Waals surface area (Å²) in [7, 11) is 0. The molecule has 0 atom stereocenters. The molecular weight excluding hydrogens is 929 g/mol. The van der Waals surface area contributed by atoms with Gasteiger partial charge in [-0.3, -0.25) is 14.6 Å². The monoisotopic (exact) mass is 980 g/mol. The van der Waals surface area contributed by atoms with Crippen LogP contribution in [0.4, 0.5) is 11.6 Å². The van der Waals surface area contributed by atoms with Crippen LogP contribution in [0.5, 0.6) is 11.5 Å². The number of piperazine rings is 1. The van der Waals surface area contributed by atoms with Crippen LogP contribution in [0.1, 0.15) is 76.2 Å². The molecule has 368 valence electrons. The molecule has 0 bridgehead atoms. The van der Waals surface area contributed by atoms with E-state index in [1.54, 1.807) is 65.7 Å². The van der Waals surface area contributed by atoms with E-state index in [1.165, 1.54) is 6.20 Å². The zero-order chi connectivity index (χ0) is 51.6. The van der Waals surface area contributed by atoms with E-state index < -0.39 is 5.54 Å². The number of allylic oxidation sites excluding steroid dienone is 1. The molecule has 5 aromatic heterocycles. The van der Waals surface area contributed by atoms with Crippen LogP contribution in [-0.4, -0.2) is 99.3 Å². The predicted molar refractivity (Wildman–Crippen MR) is 283 cm³/mol. The van der Waals surface area contributed by atoms with Crippen LogP contribution in [0.15, 0.2) is 122 Å². The van der Waals surface area contributed by atoms with Gasteiger partial charge in [0.15, 0.2) is 0 Å². The minimum atomic E-state index is -0.399. The van der Waals surface area contributed by atoms with Crippen LogP contribution in [-0.2, 0) is 0 Å². The highest BCUT2D eigenvalue weighted by atomic mass is 16.5. The van der Waals surface area contributed by atoms with E-state index in [9.17, 15) is 20.1 Å². The van der Waals surface area contributed by atoms with Crippen molar-refractivity contribution in [2.24, 2.45) is 5.73 Å². The third-order valence-corrected chi connectivity index (χ3v) is 13.2. The minimum Gasteiger partial charge on any atom is -0.492 e. The number of ether oxygens (including phenoxy) is 2. The first-order valence-corrected chi connectivity index (χ1v) is 24.3. The van der Waals surface area contributed by atoms with Gasteiger partial charge in [0.1, 0.15) is 35.3 Å². The lowest BCUT2D eigenvalue weighted by Gasteiger charge is -2.40. The summed E-state index contributed by atoms with van der Waals surface area (Å²) in [4.78, 5) is 46.9. The maximum Gasteiger partial charge on any atom is 0.253 e. The first-order valence-electron chi connectivity index (χ1n) is 24.3. The number of amides is 2. The fourth-order valence-electron chi connectivity index (χ4n) is 9.06. The molecule has 0 unspecified atom stereocenters. The second-order valence-corrected chi connectivity index (χ2v) is 18.0. The summed E-state index contributed by atoms with van der Waals surface area (Å²) in [6, 6.07) is 30.2. The molecular formula is C58H52N12O4. The summed E-state index contributed by atoms with van der Waals surface area (Å²) < 4.78 is 13.5. The van der Waals surface area contributed by atoms with Crippen LogP contribution >= 0.6 is 0 Å². The molecule has 74 heavy (non-hydrogen) atoms. The summed E-state index contributed by atoms with van der Waals surface area (Å²) in [5.41, 5.74) is 12.9. The number of aromatic nitrogens is 5. The molecule has 7 aromatic rings. The molecule has 3 N–H and O–H groups in total. The van der Waals surface area contributed by atoms with Crippen molar-refractivity contribution >= 4 is 34.5 Å². The van der Waals surface area contributed by atoms with Gasteiger partial charge in [-0.05, 0) is 112 Å². The number of nitrogens with two attached hydrogens (primary N) is 1. The first kappa shape index (κ1) is 49.3. The molecule has 2 amide bonds. The highest BCUT2D eigenvalue weighted by Crippen LogP contribution is 2.34. The molecule has 0 aliphatic carbocycles. The number of hydrogen-bond acceptors (Lipinski definition) is 13. The lowest BCUT2D eigenvalue weighted by molar-refractivity contribution is 0.0746. The summed E-state index contributed by atoms with van der Waals surface area (Å²) in [5.74, 6) is 11.5. The Morgan fingerprint density at radius 2 is 1.43 bits per heavy atom. The Kier molecular flexibility index (Phi) is 14.8. The number of anilines is 2. The Labute approximate surface area is 429 Å². The zero-order valence-corrected chi connectivity index (χ0v) is 41.1.